The number of halogens is 6. The molecule has 0 amide bonds. The zero-order valence-electron chi connectivity index (χ0n) is 16.2. The molecule has 162 valence electrons. The first-order valence-electron chi connectivity index (χ1n) is 9.39. The number of rotatable bonds is 3. The van der Waals surface area contributed by atoms with Gasteiger partial charge in [-0.15, -0.1) is 0 Å². The number of benzene rings is 3. The molecule has 0 aliphatic carbocycles. The Bertz CT molecular complexity index is 1170. The van der Waals surface area contributed by atoms with E-state index in [1.54, 1.807) is 24.3 Å². The third-order valence-electron chi connectivity index (χ3n) is 4.90. The lowest BCUT2D eigenvalue weighted by Crippen LogP contribution is -2.05. The Balaban J connectivity index is 1.99. The summed E-state index contributed by atoms with van der Waals surface area (Å²) in [6.07, 6.45) is -6.34. The van der Waals surface area contributed by atoms with Crippen LogP contribution < -0.4 is 0 Å². The van der Waals surface area contributed by atoms with E-state index in [0.29, 0.717) is 22.4 Å². The lowest BCUT2D eigenvalue weighted by Gasteiger charge is -2.17. The van der Waals surface area contributed by atoms with Gasteiger partial charge in [-0.1, -0.05) is 42.5 Å². The molecule has 1 aromatic heterocycles. The monoisotopic (exact) mass is 444 g/mol. The average molecular weight is 444 g/mol. The fourth-order valence-corrected chi connectivity index (χ4v) is 3.47. The van der Waals surface area contributed by atoms with Gasteiger partial charge in [0.05, 0.1) is 16.8 Å². The van der Waals surface area contributed by atoms with E-state index in [1.165, 1.54) is 36.8 Å². The van der Waals surface area contributed by atoms with Gasteiger partial charge in [0.2, 0.25) is 0 Å². The van der Waals surface area contributed by atoms with E-state index in [4.69, 9.17) is 0 Å². The number of alkyl halides is 6. The number of nitrogens with zero attached hydrogens (tertiary/aromatic N) is 2. The molecule has 0 spiro atoms. The molecule has 0 N–H and O–H groups in total. The van der Waals surface area contributed by atoms with Gasteiger partial charge in [-0.2, -0.15) is 26.3 Å². The first kappa shape index (κ1) is 21.5. The minimum Gasteiger partial charge on any atom is -0.245 e. The van der Waals surface area contributed by atoms with Gasteiger partial charge in [-0.05, 0) is 52.6 Å². The molecule has 1 heterocycles. The van der Waals surface area contributed by atoms with Crippen molar-refractivity contribution in [2.75, 3.05) is 0 Å². The summed E-state index contributed by atoms with van der Waals surface area (Å²) in [6, 6.07) is 15.9. The van der Waals surface area contributed by atoms with Crippen molar-refractivity contribution in [2.24, 2.45) is 0 Å². The van der Waals surface area contributed by atoms with E-state index in [-0.39, 0.29) is 11.1 Å². The van der Waals surface area contributed by atoms with Crippen LogP contribution in [0.4, 0.5) is 26.3 Å². The molecule has 2 nitrogen and oxygen atoms in total. The maximum atomic E-state index is 13.3. The van der Waals surface area contributed by atoms with Crippen LogP contribution in [-0.4, -0.2) is 9.97 Å². The van der Waals surface area contributed by atoms with E-state index in [0.717, 1.165) is 24.3 Å². The minimum absolute atomic E-state index is 0.266. The van der Waals surface area contributed by atoms with Crippen molar-refractivity contribution in [1.29, 1.82) is 0 Å². The molecule has 0 atom stereocenters. The van der Waals surface area contributed by atoms with E-state index in [9.17, 15) is 26.3 Å². The second-order valence-electron chi connectivity index (χ2n) is 6.98. The lowest BCUT2D eigenvalue weighted by molar-refractivity contribution is -0.138. The number of aromatic nitrogens is 2. The van der Waals surface area contributed by atoms with Crippen molar-refractivity contribution in [3.05, 3.63) is 96.4 Å². The summed E-state index contributed by atoms with van der Waals surface area (Å²) in [7, 11) is 0. The average Bonchev–Trinajstić information content (AvgIpc) is 2.78. The molecule has 0 aliphatic heterocycles. The highest BCUT2D eigenvalue weighted by Crippen LogP contribution is 2.41. The molecular formula is C24H14F6N2. The molecule has 8 heteroatoms. The summed E-state index contributed by atoms with van der Waals surface area (Å²) >= 11 is 0. The standard InChI is InChI=1S/C24H14F6N2/c25-23(26,27)17-6-1-4-15(12-17)19-8-3-9-20(22(19)21-10-11-31-14-32-21)16-5-2-7-18(13-16)24(28,29)30/h1-14H. The van der Waals surface area contributed by atoms with Gasteiger partial charge in [-0.3, -0.25) is 0 Å². The van der Waals surface area contributed by atoms with Gasteiger partial charge in [0.15, 0.2) is 0 Å². The van der Waals surface area contributed by atoms with Crippen LogP contribution >= 0.6 is 0 Å². The van der Waals surface area contributed by atoms with Gasteiger partial charge >= 0.3 is 12.4 Å². The maximum Gasteiger partial charge on any atom is 0.416 e. The minimum atomic E-state index is -4.54. The first-order valence-corrected chi connectivity index (χ1v) is 9.39. The molecule has 0 saturated heterocycles. The van der Waals surface area contributed by atoms with Crippen molar-refractivity contribution >= 4 is 0 Å². The molecule has 0 fully saturated rings. The summed E-state index contributed by atoms with van der Waals surface area (Å²) in [5.74, 6) is 0. The molecule has 4 rings (SSSR count). The molecule has 0 unspecified atom stereocenters. The van der Waals surface area contributed by atoms with Gasteiger partial charge in [0, 0.05) is 11.8 Å². The Kier molecular flexibility index (Phi) is 5.46. The van der Waals surface area contributed by atoms with Crippen molar-refractivity contribution in [2.45, 2.75) is 12.4 Å². The SMILES string of the molecule is FC(F)(F)c1cccc(-c2cccc(-c3cccc(C(F)(F)F)c3)c2-c2ccncn2)c1. The summed E-state index contributed by atoms with van der Waals surface area (Å²) in [4.78, 5) is 8.07. The third-order valence-corrected chi connectivity index (χ3v) is 4.90. The first-order chi connectivity index (χ1) is 15.1. The molecule has 4 aromatic rings. The zero-order valence-corrected chi connectivity index (χ0v) is 16.2. The van der Waals surface area contributed by atoms with Gasteiger partial charge in [0.1, 0.15) is 6.33 Å². The van der Waals surface area contributed by atoms with Crippen LogP contribution in [0.3, 0.4) is 0 Å². The van der Waals surface area contributed by atoms with Crippen molar-refractivity contribution < 1.29 is 26.3 Å². The highest BCUT2D eigenvalue weighted by Gasteiger charge is 2.32. The quantitative estimate of drug-likeness (QED) is 0.306. The fraction of sp³-hybridized carbons (Fsp3) is 0.0833. The summed E-state index contributed by atoms with van der Waals surface area (Å²) < 4.78 is 79.7. The van der Waals surface area contributed by atoms with E-state index in [2.05, 4.69) is 9.97 Å². The van der Waals surface area contributed by atoms with Crippen LogP contribution in [0.5, 0.6) is 0 Å². The second-order valence-corrected chi connectivity index (χ2v) is 6.98. The van der Waals surface area contributed by atoms with Gasteiger partial charge in [-0.25, -0.2) is 9.97 Å². The number of hydrogen-bond donors (Lipinski definition) is 0. The molecular weight excluding hydrogens is 430 g/mol. The highest BCUT2D eigenvalue weighted by molar-refractivity contribution is 5.93. The molecule has 3 aromatic carbocycles. The second kappa shape index (κ2) is 8.11. The van der Waals surface area contributed by atoms with Crippen LogP contribution in [-0.2, 0) is 12.4 Å². The third kappa shape index (κ3) is 4.34. The lowest BCUT2D eigenvalue weighted by atomic mass is 9.89. The Morgan fingerprint density at radius 2 is 1.09 bits per heavy atom. The van der Waals surface area contributed by atoms with Crippen molar-refractivity contribution in [3.63, 3.8) is 0 Å². The van der Waals surface area contributed by atoms with E-state index < -0.39 is 23.5 Å². The Hall–Kier alpha value is -3.68. The Morgan fingerprint density at radius 3 is 1.53 bits per heavy atom. The van der Waals surface area contributed by atoms with Crippen LogP contribution in [0.25, 0.3) is 33.5 Å². The Labute approximate surface area is 179 Å². The normalized spacial score (nSPS) is 12.1. The highest BCUT2D eigenvalue weighted by atomic mass is 19.4. The molecule has 0 aliphatic rings. The molecule has 0 radical (unpaired) electrons. The van der Waals surface area contributed by atoms with Crippen LogP contribution in [0.2, 0.25) is 0 Å². The molecule has 0 saturated carbocycles. The largest absolute Gasteiger partial charge is 0.416 e. The van der Waals surface area contributed by atoms with Crippen molar-refractivity contribution in [3.8, 4) is 33.5 Å². The Morgan fingerprint density at radius 1 is 0.594 bits per heavy atom. The van der Waals surface area contributed by atoms with Crippen LogP contribution in [0, 0.1) is 0 Å². The van der Waals surface area contributed by atoms with Crippen molar-refractivity contribution in [1.82, 2.24) is 9.97 Å². The summed E-state index contributed by atoms with van der Waals surface area (Å²) in [5, 5.41) is 0. The molecule has 0 bridgehead atoms. The summed E-state index contributed by atoms with van der Waals surface area (Å²) in [5.41, 5.74) is 0.481. The number of hydrogen-bond acceptors (Lipinski definition) is 2. The summed E-state index contributed by atoms with van der Waals surface area (Å²) in [6.45, 7) is 0. The fourth-order valence-electron chi connectivity index (χ4n) is 3.47. The topological polar surface area (TPSA) is 25.8 Å². The smallest absolute Gasteiger partial charge is 0.245 e. The van der Waals surface area contributed by atoms with Gasteiger partial charge < -0.3 is 0 Å². The van der Waals surface area contributed by atoms with Crippen LogP contribution in [0.1, 0.15) is 11.1 Å². The maximum absolute atomic E-state index is 13.3. The van der Waals surface area contributed by atoms with E-state index in [1.807, 2.05) is 0 Å². The molecule has 32 heavy (non-hydrogen) atoms. The predicted molar refractivity (Wildman–Crippen MR) is 108 cm³/mol. The van der Waals surface area contributed by atoms with Gasteiger partial charge in [0.25, 0.3) is 0 Å². The predicted octanol–water partition coefficient (Wildman–Crippen LogP) is 7.52. The van der Waals surface area contributed by atoms with Crippen LogP contribution in [0.15, 0.2) is 85.3 Å². The zero-order chi connectivity index (χ0) is 22.9. The van der Waals surface area contributed by atoms with E-state index >= 15 is 0 Å².